The maximum Gasteiger partial charge on any atom is 0.416 e. The summed E-state index contributed by atoms with van der Waals surface area (Å²) in [5.41, 5.74) is -0.326. The van der Waals surface area contributed by atoms with Crippen LogP contribution >= 0.6 is 0 Å². The van der Waals surface area contributed by atoms with E-state index in [1.165, 1.54) is 25.0 Å². The van der Waals surface area contributed by atoms with E-state index >= 15 is 0 Å². The Bertz CT molecular complexity index is 918. The molecular formula is C26H27F5. The van der Waals surface area contributed by atoms with Crippen LogP contribution in [0, 0.1) is 29.4 Å². The van der Waals surface area contributed by atoms with Crippen molar-refractivity contribution in [3.05, 3.63) is 71.3 Å². The molecule has 31 heavy (non-hydrogen) atoms. The number of alkyl halides is 3. The molecule has 2 fully saturated rings. The molecule has 0 saturated heterocycles. The van der Waals surface area contributed by atoms with E-state index in [1.807, 2.05) is 0 Å². The highest BCUT2D eigenvalue weighted by Gasteiger charge is 2.36. The third-order valence-corrected chi connectivity index (χ3v) is 7.15. The number of halogens is 5. The Labute approximate surface area is 180 Å². The molecule has 166 valence electrons. The Morgan fingerprint density at radius 2 is 1.45 bits per heavy atom. The van der Waals surface area contributed by atoms with Crippen LogP contribution < -0.4 is 0 Å². The number of benzene rings is 2. The first-order chi connectivity index (χ1) is 14.8. The van der Waals surface area contributed by atoms with Gasteiger partial charge in [0.2, 0.25) is 0 Å². The van der Waals surface area contributed by atoms with Crippen LogP contribution in [0.3, 0.4) is 0 Å². The molecule has 4 rings (SSSR count). The van der Waals surface area contributed by atoms with E-state index < -0.39 is 23.4 Å². The van der Waals surface area contributed by atoms with E-state index in [2.05, 4.69) is 19.1 Å². The van der Waals surface area contributed by atoms with Gasteiger partial charge in [-0.15, -0.1) is 0 Å². The van der Waals surface area contributed by atoms with Gasteiger partial charge in [-0.2, -0.15) is 13.2 Å². The van der Waals surface area contributed by atoms with Gasteiger partial charge < -0.3 is 0 Å². The molecule has 0 aliphatic heterocycles. The number of allylic oxidation sites excluding steroid dienone is 2. The van der Waals surface area contributed by atoms with Gasteiger partial charge in [0.25, 0.3) is 0 Å². The predicted octanol–water partition coefficient (Wildman–Crippen LogP) is 8.53. The minimum Gasteiger partial charge on any atom is -0.206 e. The maximum absolute atomic E-state index is 14.9. The fraction of sp³-hybridized carbons (Fsp3) is 0.462. The van der Waals surface area contributed by atoms with Crippen molar-refractivity contribution in [3.63, 3.8) is 0 Å². The summed E-state index contributed by atoms with van der Waals surface area (Å²) in [7, 11) is 0. The molecule has 0 nitrogen and oxygen atoms in total. The summed E-state index contributed by atoms with van der Waals surface area (Å²) in [6, 6.07) is 6.72. The highest BCUT2D eigenvalue weighted by Crippen LogP contribution is 2.48. The number of rotatable bonds is 3. The zero-order chi connectivity index (χ0) is 22.2. The molecule has 2 aliphatic rings. The molecule has 2 aliphatic carbocycles. The smallest absolute Gasteiger partial charge is 0.206 e. The van der Waals surface area contributed by atoms with Crippen LogP contribution in [0.2, 0.25) is 0 Å². The normalized spacial score (nSPS) is 26.8. The second kappa shape index (κ2) is 8.76. The highest BCUT2D eigenvalue weighted by molar-refractivity contribution is 5.66. The Balaban J connectivity index is 1.52. The molecule has 0 spiro atoms. The lowest BCUT2D eigenvalue weighted by Crippen LogP contribution is -2.30. The van der Waals surface area contributed by atoms with Crippen LogP contribution in [0.25, 0.3) is 11.1 Å². The zero-order valence-electron chi connectivity index (χ0n) is 17.6. The lowest BCUT2D eigenvalue weighted by atomic mass is 9.64. The van der Waals surface area contributed by atoms with Gasteiger partial charge in [0.05, 0.1) is 11.1 Å². The van der Waals surface area contributed by atoms with E-state index in [0.717, 1.165) is 49.9 Å². The molecule has 0 N–H and O–H groups in total. The lowest BCUT2D eigenvalue weighted by Gasteiger charge is -2.42. The summed E-state index contributed by atoms with van der Waals surface area (Å²) >= 11 is 0. The van der Waals surface area contributed by atoms with E-state index in [0.29, 0.717) is 23.3 Å². The van der Waals surface area contributed by atoms with Gasteiger partial charge in [0.15, 0.2) is 0 Å². The van der Waals surface area contributed by atoms with Crippen molar-refractivity contribution in [1.82, 2.24) is 0 Å². The average Bonchev–Trinajstić information content (AvgIpc) is 2.73. The Hall–Kier alpha value is -2.17. The molecule has 0 heterocycles. The Morgan fingerprint density at radius 1 is 0.839 bits per heavy atom. The molecule has 4 atom stereocenters. The topological polar surface area (TPSA) is 0 Å². The summed E-state index contributed by atoms with van der Waals surface area (Å²) in [6.45, 7) is 2.06. The quantitative estimate of drug-likeness (QED) is 0.335. The van der Waals surface area contributed by atoms with Gasteiger partial charge in [-0.25, -0.2) is 8.78 Å². The van der Waals surface area contributed by atoms with Gasteiger partial charge in [0, 0.05) is 0 Å². The molecule has 2 aromatic carbocycles. The van der Waals surface area contributed by atoms with Crippen molar-refractivity contribution in [2.24, 2.45) is 17.8 Å². The molecule has 0 radical (unpaired) electrons. The average molecular weight is 434 g/mol. The SMILES string of the molecule is C/C=C/C1CCC2CC(c3cc(F)c(-c4ccc(C(F)(F)F)cc4)c(F)c3)CCC2C1. The third-order valence-electron chi connectivity index (χ3n) is 7.15. The lowest BCUT2D eigenvalue weighted by molar-refractivity contribution is -0.137. The van der Waals surface area contributed by atoms with E-state index in [-0.39, 0.29) is 17.0 Å². The minimum atomic E-state index is -4.48. The first kappa shape index (κ1) is 22.0. The molecular weight excluding hydrogens is 407 g/mol. The summed E-state index contributed by atoms with van der Waals surface area (Å²) in [5, 5.41) is 0. The van der Waals surface area contributed by atoms with Crippen molar-refractivity contribution in [1.29, 1.82) is 0 Å². The van der Waals surface area contributed by atoms with Crippen molar-refractivity contribution < 1.29 is 22.0 Å². The molecule has 2 aromatic rings. The molecule has 2 saturated carbocycles. The minimum absolute atomic E-state index is 0.112. The third kappa shape index (κ3) is 4.70. The van der Waals surface area contributed by atoms with E-state index in [1.54, 1.807) is 0 Å². The molecule has 0 aromatic heterocycles. The maximum atomic E-state index is 14.9. The Morgan fingerprint density at radius 3 is 2.06 bits per heavy atom. The molecule has 0 amide bonds. The molecule has 0 bridgehead atoms. The standard InChI is InChI=1S/C26H27F5/c1-2-3-16-4-5-19-13-20(7-6-18(19)12-16)21-14-23(27)25(24(28)15-21)17-8-10-22(11-9-17)26(29,30)31/h2-3,8-11,14-16,18-20H,4-7,12-13H2,1H3/b3-2+. The van der Waals surface area contributed by atoms with Gasteiger partial charge in [-0.3, -0.25) is 0 Å². The van der Waals surface area contributed by atoms with E-state index in [4.69, 9.17) is 0 Å². The van der Waals surface area contributed by atoms with Gasteiger partial charge in [-0.05, 0) is 105 Å². The van der Waals surface area contributed by atoms with Crippen LogP contribution in [-0.2, 0) is 6.18 Å². The number of hydrogen-bond acceptors (Lipinski definition) is 0. The second-order valence-corrected chi connectivity index (χ2v) is 9.06. The van der Waals surface area contributed by atoms with Crippen LogP contribution in [0.15, 0.2) is 48.6 Å². The van der Waals surface area contributed by atoms with Gasteiger partial charge in [0.1, 0.15) is 11.6 Å². The van der Waals surface area contributed by atoms with Gasteiger partial charge in [-0.1, -0.05) is 24.3 Å². The number of fused-ring (bicyclic) bond motifs is 1. The fourth-order valence-corrected chi connectivity index (χ4v) is 5.61. The fourth-order valence-electron chi connectivity index (χ4n) is 5.61. The summed E-state index contributed by atoms with van der Waals surface area (Å²) in [6.07, 6.45) is 6.43. The van der Waals surface area contributed by atoms with Crippen LogP contribution in [0.4, 0.5) is 22.0 Å². The Kier molecular flexibility index (Phi) is 6.23. The summed E-state index contributed by atoms with van der Waals surface area (Å²) in [4.78, 5) is 0. The zero-order valence-corrected chi connectivity index (χ0v) is 17.6. The van der Waals surface area contributed by atoms with Crippen molar-refractivity contribution in [3.8, 4) is 11.1 Å². The van der Waals surface area contributed by atoms with E-state index in [9.17, 15) is 22.0 Å². The molecule has 4 unspecified atom stereocenters. The van der Waals surface area contributed by atoms with Crippen LogP contribution in [0.1, 0.15) is 62.5 Å². The monoisotopic (exact) mass is 434 g/mol. The van der Waals surface area contributed by atoms with Gasteiger partial charge >= 0.3 is 6.18 Å². The summed E-state index contributed by atoms with van der Waals surface area (Å²) in [5.74, 6) is 0.640. The number of hydrogen-bond donors (Lipinski definition) is 0. The summed E-state index contributed by atoms with van der Waals surface area (Å²) < 4.78 is 68.1. The largest absolute Gasteiger partial charge is 0.416 e. The second-order valence-electron chi connectivity index (χ2n) is 9.06. The van der Waals surface area contributed by atoms with Crippen molar-refractivity contribution >= 4 is 0 Å². The highest BCUT2D eigenvalue weighted by atomic mass is 19.4. The van der Waals surface area contributed by atoms with Crippen molar-refractivity contribution in [2.45, 2.75) is 57.5 Å². The van der Waals surface area contributed by atoms with Crippen molar-refractivity contribution in [2.75, 3.05) is 0 Å². The molecule has 5 heteroatoms. The van der Waals surface area contributed by atoms with Crippen LogP contribution in [-0.4, -0.2) is 0 Å². The van der Waals surface area contributed by atoms with Crippen LogP contribution in [0.5, 0.6) is 0 Å². The first-order valence-corrected chi connectivity index (χ1v) is 11.1. The first-order valence-electron chi connectivity index (χ1n) is 11.1. The predicted molar refractivity (Wildman–Crippen MR) is 113 cm³/mol.